The Kier molecular flexibility index (Phi) is 3.46. The molecule has 0 fully saturated rings. The Balaban J connectivity index is 2.18. The maximum Gasteiger partial charge on any atom is 0.416 e. The zero-order valence-corrected chi connectivity index (χ0v) is 9.92. The van der Waals surface area contributed by atoms with E-state index in [1.165, 1.54) is 0 Å². The van der Waals surface area contributed by atoms with E-state index < -0.39 is 17.6 Å². The highest BCUT2D eigenvalue weighted by Gasteiger charge is 2.31. The van der Waals surface area contributed by atoms with E-state index in [4.69, 9.17) is 0 Å². The first kappa shape index (κ1) is 13.4. The number of halogens is 4. The van der Waals surface area contributed by atoms with E-state index in [9.17, 15) is 17.6 Å². The SMILES string of the molecule is CC(Nc1ccc(C(F)(F)F)cc1F)c1cn[nH]c1. The topological polar surface area (TPSA) is 40.7 Å². The van der Waals surface area contributed by atoms with Crippen molar-refractivity contribution in [2.45, 2.75) is 19.1 Å². The van der Waals surface area contributed by atoms with Gasteiger partial charge >= 0.3 is 6.18 Å². The average molecular weight is 273 g/mol. The Bertz CT molecular complexity index is 549. The molecule has 0 aliphatic heterocycles. The Morgan fingerprint density at radius 2 is 2.05 bits per heavy atom. The summed E-state index contributed by atoms with van der Waals surface area (Å²) in [5.74, 6) is -0.940. The number of alkyl halides is 3. The first-order valence-corrected chi connectivity index (χ1v) is 5.50. The molecule has 0 aliphatic rings. The van der Waals surface area contributed by atoms with Crippen LogP contribution < -0.4 is 5.32 Å². The summed E-state index contributed by atoms with van der Waals surface area (Å²) in [6.07, 6.45) is -1.37. The fourth-order valence-electron chi connectivity index (χ4n) is 1.62. The number of aromatic amines is 1. The monoisotopic (exact) mass is 273 g/mol. The lowest BCUT2D eigenvalue weighted by Gasteiger charge is -2.15. The normalized spacial score (nSPS) is 13.3. The van der Waals surface area contributed by atoms with E-state index >= 15 is 0 Å². The number of hydrogen-bond donors (Lipinski definition) is 2. The first-order chi connectivity index (χ1) is 8.88. The van der Waals surface area contributed by atoms with Gasteiger partial charge in [-0.05, 0) is 25.1 Å². The van der Waals surface area contributed by atoms with Gasteiger partial charge in [0, 0.05) is 11.8 Å². The van der Waals surface area contributed by atoms with Gasteiger partial charge in [0.25, 0.3) is 0 Å². The van der Waals surface area contributed by atoms with Gasteiger partial charge in [-0.2, -0.15) is 18.3 Å². The molecule has 0 saturated heterocycles. The van der Waals surface area contributed by atoms with E-state index in [1.54, 1.807) is 19.3 Å². The molecule has 1 unspecified atom stereocenters. The summed E-state index contributed by atoms with van der Waals surface area (Å²) >= 11 is 0. The van der Waals surface area contributed by atoms with Gasteiger partial charge in [-0.25, -0.2) is 4.39 Å². The van der Waals surface area contributed by atoms with Crippen molar-refractivity contribution >= 4 is 5.69 Å². The molecule has 0 amide bonds. The van der Waals surface area contributed by atoms with Gasteiger partial charge in [-0.1, -0.05) is 0 Å². The summed E-state index contributed by atoms with van der Waals surface area (Å²) in [6.45, 7) is 1.75. The quantitative estimate of drug-likeness (QED) is 0.836. The van der Waals surface area contributed by atoms with Crippen molar-refractivity contribution in [1.82, 2.24) is 10.2 Å². The molecule has 0 bridgehead atoms. The van der Waals surface area contributed by atoms with Crippen molar-refractivity contribution in [2.24, 2.45) is 0 Å². The maximum atomic E-state index is 13.6. The number of hydrogen-bond acceptors (Lipinski definition) is 2. The highest BCUT2D eigenvalue weighted by Crippen LogP contribution is 2.32. The molecule has 0 spiro atoms. The fourth-order valence-corrected chi connectivity index (χ4v) is 1.62. The summed E-state index contributed by atoms with van der Waals surface area (Å²) < 4.78 is 50.8. The lowest BCUT2D eigenvalue weighted by atomic mass is 10.1. The van der Waals surface area contributed by atoms with Crippen LogP contribution in [-0.2, 0) is 6.18 Å². The van der Waals surface area contributed by atoms with Gasteiger partial charge in [0.05, 0.1) is 23.5 Å². The number of aromatic nitrogens is 2. The largest absolute Gasteiger partial charge is 0.416 e. The minimum Gasteiger partial charge on any atom is -0.376 e. The second kappa shape index (κ2) is 4.91. The fraction of sp³-hybridized carbons (Fsp3) is 0.250. The van der Waals surface area contributed by atoms with Crippen LogP contribution in [0.2, 0.25) is 0 Å². The number of nitrogens with one attached hydrogen (secondary N) is 2. The molecule has 0 radical (unpaired) electrons. The number of anilines is 1. The average Bonchev–Trinajstić information content (AvgIpc) is 2.84. The second-order valence-electron chi connectivity index (χ2n) is 4.09. The first-order valence-electron chi connectivity index (χ1n) is 5.50. The molecular formula is C12H11F4N3. The van der Waals surface area contributed by atoms with Crippen LogP contribution in [0.4, 0.5) is 23.2 Å². The van der Waals surface area contributed by atoms with Crippen molar-refractivity contribution in [1.29, 1.82) is 0 Å². The van der Waals surface area contributed by atoms with Crippen LogP contribution in [-0.4, -0.2) is 10.2 Å². The van der Waals surface area contributed by atoms with E-state index in [0.717, 1.165) is 17.7 Å². The number of benzene rings is 1. The van der Waals surface area contributed by atoms with Gasteiger partial charge in [-0.3, -0.25) is 5.10 Å². The molecule has 7 heteroatoms. The Hall–Kier alpha value is -2.05. The van der Waals surface area contributed by atoms with Gasteiger partial charge in [0.15, 0.2) is 0 Å². The summed E-state index contributed by atoms with van der Waals surface area (Å²) in [7, 11) is 0. The predicted octanol–water partition coefficient (Wildman–Crippen LogP) is 3.74. The lowest BCUT2D eigenvalue weighted by Crippen LogP contribution is -2.09. The summed E-state index contributed by atoms with van der Waals surface area (Å²) in [4.78, 5) is 0. The molecule has 1 heterocycles. The minimum atomic E-state index is -4.55. The highest BCUT2D eigenvalue weighted by molar-refractivity contribution is 5.48. The third-order valence-electron chi connectivity index (χ3n) is 2.69. The van der Waals surface area contributed by atoms with E-state index in [-0.39, 0.29) is 11.7 Å². The molecule has 2 N–H and O–H groups in total. The Labute approximate surface area is 106 Å². The summed E-state index contributed by atoms with van der Waals surface area (Å²) in [5.41, 5.74) is -0.215. The smallest absolute Gasteiger partial charge is 0.376 e. The molecule has 2 rings (SSSR count). The van der Waals surface area contributed by atoms with Gasteiger partial charge < -0.3 is 5.32 Å². The minimum absolute atomic E-state index is 0.0155. The van der Waals surface area contributed by atoms with Crippen molar-refractivity contribution in [3.05, 3.63) is 47.5 Å². The molecular weight excluding hydrogens is 262 g/mol. The number of rotatable bonds is 3. The third-order valence-corrected chi connectivity index (χ3v) is 2.69. The van der Waals surface area contributed by atoms with Crippen molar-refractivity contribution in [3.8, 4) is 0 Å². The van der Waals surface area contributed by atoms with E-state index in [2.05, 4.69) is 15.5 Å². The van der Waals surface area contributed by atoms with Crippen molar-refractivity contribution in [2.75, 3.05) is 5.32 Å². The van der Waals surface area contributed by atoms with Crippen LogP contribution in [0.25, 0.3) is 0 Å². The molecule has 19 heavy (non-hydrogen) atoms. The zero-order valence-electron chi connectivity index (χ0n) is 9.92. The van der Waals surface area contributed by atoms with Gasteiger partial charge in [-0.15, -0.1) is 0 Å². The molecule has 0 saturated carbocycles. The van der Waals surface area contributed by atoms with Crippen LogP contribution in [0.5, 0.6) is 0 Å². The zero-order chi connectivity index (χ0) is 14.0. The molecule has 0 aliphatic carbocycles. The number of H-pyrrole nitrogens is 1. The van der Waals surface area contributed by atoms with E-state index in [0.29, 0.717) is 6.07 Å². The summed E-state index contributed by atoms with van der Waals surface area (Å²) in [5, 5.41) is 9.14. The van der Waals surface area contributed by atoms with Crippen LogP contribution in [0, 0.1) is 5.82 Å². The molecule has 1 aromatic carbocycles. The predicted molar refractivity (Wildman–Crippen MR) is 62.0 cm³/mol. The number of nitrogens with zero attached hydrogens (tertiary/aromatic N) is 1. The van der Waals surface area contributed by atoms with Crippen LogP contribution in [0.1, 0.15) is 24.1 Å². The maximum absolute atomic E-state index is 13.6. The third kappa shape index (κ3) is 3.04. The Morgan fingerprint density at radius 1 is 1.32 bits per heavy atom. The van der Waals surface area contributed by atoms with Crippen molar-refractivity contribution < 1.29 is 17.6 Å². The second-order valence-corrected chi connectivity index (χ2v) is 4.09. The van der Waals surface area contributed by atoms with Crippen LogP contribution >= 0.6 is 0 Å². The van der Waals surface area contributed by atoms with Crippen molar-refractivity contribution in [3.63, 3.8) is 0 Å². The van der Waals surface area contributed by atoms with Gasteiger partial charge in [0.1, 0.15) is 5.82 Å². The lowest BCUT2D eigenvalue weighted by molar-refractivity contribution is -0.137. The highest BCUT2D eigenvalue weighted by atomic mass is 19.4. The van der Waals surface area contributed by atoms with E-state index in [1.807, 2.05) is 0 Å². The Morgan fingerprint density at radius 3 is 2.58 bits per heavy atom. The van der Waals surface area contributed by atoms with Crippen LogP contribution in [0.3, 0.4) is 0 Å². The summed E-state index contributed by atoms with van der Waals surface area (Å²) in [6, 6.07) is 2.12. The molecule has 3 nitrogen and oxygen atoms in total. The molecule has 2 aromatic rings. The van der Waals surface area contributed by atoms with Crippen LogP contribution in [0.15, 0.2) is 30.6 Å². The molecule has 1 atom stereocenters. The standard InChI is InChI=1S/C12H11F4N3/c1-7(8-5-17-18-6-8)19-11-3-2-9(4-10(11)13)12(14,15)16/h2-7,19H,1H3,(H,17,18). The molecule has 102 valence electrons. The van der Waals surface area contributed by atoms with Gasteiger partial charge in [0.2, 0.25) is 0 Å². The molecule has 1 aromatic heterocycles.